The summed E-state index contributed by atoms with van der Waals surface area (Å²) < 4.78 is 5.08. The Bertz CT molecular complexity index is 242. The maximum absolute atomic E-state index is 10.8. The van der Waals surface area contributed by atoms with Crippen LogP contribution in [0.4, 0.5) is 0 Å². The van der Waals surface area contributed by atoms with Gasteiger partial charge in [-0.05, 0) is 46.6 Å². The lowest BCUT2D eigenvalue weighted by Gasteiger charge is -2.26. The Morgan fingerprint density at radius 1 is 1.39 bits per heavy atom. The molecule has 0 spiro atoms. The van der Waals surface area contributed by atoms with Gasteiger partial charge in [0.2, 0.25) is 0 Å². The first-order valence-corrected chi connectivity index (χ1v) is 6.56. The fourth-order valence-corrected chi connectivity index (χ4v) is 1.75. The lowest BCUT2D eigenvalue weighted by atomic mass is 9.96. The highest BCUT2D eigenvalue weighted by Gasteiger charge is 2.26. The van der Waals surface area contributed by atoms with E-state index in [4.69, 9.17) is 15.6 Å². The lowest BCUT2D eigenvalue weighted by molar-refractivity contribution is -0.142. The summed E-state index contributed by atoms with van der Waals surface area (Å²) in [4.78, 5) is 13.2. The topological polar surface area (TPSA) is 75.8 Å². The summed E-state index contributed by atoms with van der Waals surface area (Å²) in [7, 11) is 1.70. The van der Waals surface area contributed by atoms with Crippen molar-refractivity contribution in [2.24, 2.45) is 5.73 Å². The van der Waals surface area contributed by atoms with Gasteiger partial charge in [0, 0.05) is 19.7 Å². The molecule has 0 amide bonds. The van der Waals surface area contributed by atoms with E-state index in [-0.39, 0.29) is 0 Å². The van der Waals surface area contributed by atoms with E-state index in [1.165, 1.54) is 0 Å². The van der Waals surface area contributed by atoms with E-state index >= 15 is 0 Å². The minimum absolute atomic E-state index is 0.476. The SMILES string of the molecule is COCCN(CCCCC(C)(N)C(=O)O)C(C)C. The molecule has 0 aliphatic rings. The van der Waals surface area contributed by atoms with Crippen molar-refractivity contribution in [3.8, 4) is 0 Å². The van der Waals surface area contributed by atoms with Gasteiger partial charge in [-0.1, -0.05) is 0 Å². The van der Waals surface area contributed by atoms with Crippen molar-refractivity contribution in [3.05, 3.63) is 0 Å². The quantitative estimate of drug-likeness (QED) is 0.579. The van der Waals surface area contributed by atoms with Crippen molar-refractivity contribution < 1.29 is 14.6 Å². The monoisotopic (exact) mass is 260 g/mol. The number of unbranched alkanes of at least 4 members (excludes halogenated alkanes) is 1. The number of carbonyl (C=O) groups is 1. The number of methoxy groups -OCH3 is 1. The number of ether oxygens (including phenoxy) is 1. The van der Waals surface area contributed by atoms with Crippen molar-refractivity contribution in [1.29, 1.82) is 0 Å². The molecule has 0 aliphatic carbocycles. The third-order valence-corrected chi connectivity index (χ3v) is 3.19. The van der Waals surface area contributed by atoms with E-state index in [2.05, 4.69) is 18.7 Å². The molecular formula is C13H28N2O3. The zero-order valence-corrected chi connectivity index (χ0v) is 12.1. The fraction of sp³-hybridized carbons (Fsp3) is 0.923. The van der Waals surface area contributed by atoms with E-state index in [0.717, 1.165) is 32.5 Å². The number of nitrogens with zero attached hydrogens (tertiary/aromatic N) is 1. The molecule has 0 heterocycles. The van der Waals surface area contributed by atoms with Crippen LogP contribution in [0, 0.1) is 0 Å². The minimum Gasteiger partial charge on any atom is -0.480 e. The van der Waals surface area contributed by atoms with Crippen LogP contribution in [-0.2, 0) is 9.53 Å². The molecule has 3 N–H and O–H groups in total. The van der Waals surface area contributed by atoms with Crippen LogP contribution in [0.3, 0.4) is 0 Å². The highest BCUT2D eigenvalue weighted by atomic mass is 16.5. The van der Waals surface area contributed by atoms with Crippen LogP contribution in [0.2, 0.25) is 0 Å². The number of carboxylic acid groups (broad SMARTS) is 1. The Kier molecular flexibility index (Phi) is 8.15. The van der Waals surface area contributed by atoms with E-state index < -0.39 is 11.5 Å². The summed E-state index contributed by atoms with van der Waals surface area (Å²) in [5.41, 5.74) is 4.58. The molecule has 0 bridgehead atoms. The number of rotatable bonds is 10. The van der Waals surface area contributed by atoms with Gasteiger partial charge in [-0.15, -0.1) is 0 Å². The van der Waals surface area contributed by atoms with Crippen molar-refractivity contribution in [2.75, 3.05) is 26.8 Å². The van der Waals surface area contributed by atoms with Crippen LogP contribution in [0.5, 0.6) is 0 Å². The summed E-state index contributed by atoms with van der Waals surface area (Å²) in [5, 5.41) is 8.90. The minimum atomic E-state index is -1.10. The molecule has 0 aromatic carbocycles. The molecule has 1 unspecified atom stereocenters. The van der Waals surface area contributed by atoms with Crippen molar-refractivity contribution in [3.63, 3.8) is 0 Å². The maximum Gasteiger partial charge on any atom is 0.323 e. The van der Waals surface area contributed by atoms with Crippen LogP contribution in [-0.4, -0.2) is 54.4 Å². The molecule has 0 aromatic rings. The van der Waals surface area contributed by atoms with Crippen LogP contribution < -0.4 is 5.73 Å². The first-order chi connectivity index (χ1) is 8.31. The van der Waals surface area contributed by atoms with Gasteiger partial charge in [-0.25, -0.2) is 0 Å². The molecule has 0 aromatic heterocycles. The first-order valence-electron chi connectivity index (χ1n) is 6.56. The number of aliphatic carboxylic acids is 1. The molecule has 0 aliphatic heterocycles. The maximum atomic E-state index is 10.8. The summed E-state index contributed by atoms with van der Waals surface area (Å²) >= 11 is 0. The first kappa shape index (κ1) is 17.4. The van der Waals surface area contributed by atoms with Gasteiger partial charge in [-0.3, -0.25) is 9.69 Å². The van der Waals surface area contributed by atoms with Crippen molar-refractivity contribution in [1.82, 2.24) is 4.90 Å². The summed E-state index contributed by atoms with van der Waals surface area (Å²) in [5.74, 6) is -0.928. The highest BCUT2D eigenvalue weighted by Crippen LogP contribution is 2.12. The Balaban J connectivity index is 3.89. The number of nitrogens with two attached hydrogens (primary N) is 1. The molecule has 5 nitrogen and oxygen atoms in total. The van der Waals surface area contributed by atoms with Gasteiger partial charge in [0.1, 0.15) is 5.54 Å². The third-order valence-electron chi connectivity index (χ3n) is 3.19. The average molecular weight is 260 g/mol. The molecular weight excluding hydrogens is 232 g/mol. The highest BCUT2D eigenvalue weighted by molar-refractivity contribution is 5.77. The normalized spacial score (nSPS) is 15.1. The number of carboxylic acids is 1. The van der Waals surface area contributed by atoms with Gasteiger partial charge in [0.25, 0.3) is 0 Å². The van der Waals surface area contributed by atoms with Crippen LogP contribution in [0.15, 0.2) is 0 Å². The fourth-order valence-electron chi connectivity index (χ4n) is 1.75. The number of hydrogen-bond acceptors (Lipinski definition) is 4. The van der Waals surface area contributed by atoms with Gasteiger partial charge < -0.3 is 15.6 Å². The Hall–Kier alpha value is -0.650. The Morgan fingerprint density at radius 3 is 2.44 bits per heavy atom. The largest absolute Gasteiger partial charge is 0.480 e. The summed E-state index contributed by atoms with van der Waals surface area (Å²) in [6.45, 7) is 8.46. The second kappa shape index (κ2) is 8.45. The summed E-state index contributed by atoms with van der Waals surface area (Å²) in [6.07, 6.45) is 2.30. The lowest BCUT2D eigenvalue weighted by Crippen LogP contribution is -2.44. The van der Waals surface area contributed by atoms with E-state index in [9.17, 15) is 4.79 Å². The molecule has 0 rings (SSSR count). The molecule has 1 atom stereocenters. The summed E-state index contributed by atoms with van der Waals surface area (Å²) in [6, 6.07) is 0.476. The average Bonchev–Trinajstić information content (AvgIpc) is 2.27. The van der Waals surface area contributed by atoms with Crippen molar-refractivity contribution in [2.45, 2.75) is 51.6 Å². The van der Waals surface area contributed by atoms with Gasteiger partial charge in [0.05, 0.1) is 6.61 Å². The molecule has 18 heavy (non-hydrogen) atoms. The van der Waals surface area contributed by atoms with E-state index in [1.54, 1.807) is 14.0 Å². The molecule has 0 fully saturated rings. The number of hydrogen-bond donors (Lipinski definition) is 2. The second-order valence-corrected chi connectivity index (χ2v) is 5.30. The zero-order valence-electron chi connectivity index (χ0n) is 12.1. The molecule has 108 valence electrons. The molecule has 0 saturated heterocycles. The van der Waals surface area contributed by atoms with Crippen LogP contribution in [0.1, 0.15) is 40.0 Å². The van der Waals surface area contributed by atoms with Crippen LogP contribution in [0.25, 0.3) is 0 Å². The predicted molar refractivity (Wildman–Crippen MR) is 72.7 cm³/mol. The van der Waals surface area contributed by atoms with E-state index in [0.29, 0.717) is 12.5 Å². The second-order valence-electron chi connectivity index (χ2n) is 5.30. The van der Waals surface area contributed by atoms with E-state index in [1.807, 2.05) is 0 Å². The van der Waals surface area contributed by atoms with Gasteiger partial charge >= 0.3 is 5.97 Å². The molecule has 0 saturated carbocycles. The van der Waals surface area contributed by atoms with Crippen molar-refractivity contribution >= 4 is 5.97 Å². The Labute approximate surface area is 110 Å². The van der Waals surface area contributed by atoms with Gasteiger partial charge in [0.15, 0.2) is 0 Å². The van der Waals surface area contributed by atoms with Crippen LogP contribution >= 0.6 is 0 Å². The zero-order chi connectivity index (χ0) is 14.2. The van der Waals surface area contributed by atoms with Gasteiger partial charge in [-0.2, -0.15) is 0 Å². The smallest absolute Gasteiger partial charge is 0.323 e. The molecule has 0 radical (unpaired) electrons. The molecule has 5 heteroatoms. The Morgan fingerprint density at radius 2 is 2.00 bits per heavy atom. The third kappa shape index (κ3) is 6.93. The predicted octanol–water partition coefficient (Wildman–Crippen LogP) is 1.32. The standard InChI is InChI=1S/C13H28N2O3/c1-11(2)15(9-10-18-4)8-6-5-7-13(3,14)12(16)17/h11H,5-10,14H2,1-4H3,(H,16,17).